The van der Waals surface area contributed by atoms with Crippen LogP contribution in [-0.2, 0) is 6.42 Å². The molecule has 5 nitrogen and oxygen atoms in total. The molecule has 0 saturated carbocycles. The molecule has 0 spiro atoms. The molecule has 3 heterocycles. The van der Waals surface area contributed by atoms with E-state index >= 15 is 0 Å². The number of hydrogen-bond donors (Lipinski definition) is 1. The number of fused-ring (bicyclic) bond motifs is 2. The van der Waals surface area contributed by atoms with E-state index in [1.807, 2.05) is 13.0 Å². The predicted molar refractivity (Wildman–Crippen MR) is 80.4 cm³/mol. The van der Waals surface area contributed by atoms with Gasteiger partial charge in [0, 0.05) is 11.1 Å². The molecule has 0 unspecified atom stereocenters. The van der Waals surface area contributed by atoms with Crippen LogP contribution in [0.15, 0.2) is 29.2 Å². The second-order valence-corrected chi connectivity index (χ2v) is 5.27. The summed E-state index contributed by atoms with van der Waals surface area (Å²) in [5.41, 5.74) is 0.313. The number of aryl methyl sites for hydroxylation is 1. The molecule has 0 amide bonds. The van der Waals surface area contributed by atoms with Gasteiger partial charge in [-0.15, -0.1) is 23.7 Å². The maximum Gasteiger partial charge on any atom is 0.337 e. The third-order valence-electron chi connectivity index (χ3n) is 2.95. The molecule has 20 heavy (non-hydrogen) atoms. The largest absolute Gasteiger partial charge is 0.478 e. The van der Waals surface area contributed by atoms with E-state index in [2.05, 4.69) is 4.98 Å². The molecule has 0 aliphatic rings. The quantitative estimate of drug-likeness (QED) is 0.789. The molecule has 0 aliphatic heterocycles. The van der Waals surface area contributed by atoms with Crippen molar-refractivity contribution in [2.75, 3.05) is 0 Å². The van der Waals surface area contributed by atoms with E-state index in [1.54, 1.807) is 6.07 Å². The number of rotatable bonds is 2. The van der Waals surface area contributed by atoms with E-state index in [4.69, 9.17) is 5.11 Å². The Hall–Kier alpha value is -1.92. The van der Waals surface area contributed by atoms with E-state index in [0.29, 0.717) is 15.9 Å². The van der Waals surface area contributed by atoms with E-state index in [-0.39, 0.29) is 23.5 Å². The van der Waals surface area contributed by atoms with Crippen molar-refractivity contribution in [2.24, 2.45) is 0 Å². The molecular weight excluding hydrogens is 300 g/mol. The minimum Gasteiger partial charge on any atom is -0.478 e. The van der Waals surface area contributed by atoms with Crippen molar-refractivity contribution in [3.8, 4) is 0 Å². The fraction of sp³-hybridized carbons (Fsp3) is 0.154. The molecule has 0 radical (unpaired) electrons. The van der Waals surface area contributed by atoms with Crippen molar-refractivity contribution in [3.05, 3.63) is 45.2 Å². The predicted octanol–water partition coefficient (Wildman–Crippen LogP) is 2.59. The molecule has 3 aromatic heterocycles. The first kappa shape index (κ1) is 14.5. The highest BCUT2D eigenvalue weighted by Crippen LogP contribution is 2.22. The number of nitrogens with zero attached hydrogens (tertiary/aromatic N) is 2. The third kappa shape index (κ3) is 2.17. The number of hydrogen-bond acceptors (Lipinski definition) is 4. The maximum absolute atomic E-state index is 12.3. The highest BCUT2D eigenvalue weighted by molar-refractivity contribution is 7.18. The van der Waals surface area contributed by atoms with Crippen LogP contribution in [0.4, 0.5) is 0 Å². The average Bonchev–Trinajstić information content (AvgIpc) is 2.82. The van der Waals surface area contributed by atoms with Crippen LogP contribution in [0, 0.1) is 0 Å². The summed E-state index contributed by atoms with van der Waals surface area (Å²) < 4.78 is 1.29. The van der Waals surface area contributed by atoms with Gasteiger partial charge in [0.2, 0.25) is 0 Å². The summed E-state index contributed by atoms with van der Waals surface area (Å²) in [6.07, 6.45) is 2.16. The number of halogens is 1. The van der Waals surface area contributed by atoms with Gasteiger partial charge in [0.05, 0.1) is 10.9 Å². The molecule has 0 atom stereocenters. The van der Waals surface area contributed by atoms with Gasteiger partial charge < -0.3 is 5.11 Å². The first-order valence-corrected chi connectivity index (χ1v) is 6.60. The van der Waals surface area contributed by atoms with E-state index < -0.39 is 5.97 Å². The van der Waals surface area contributed by atoms with Crippen LogP contribution < -0.4 is 5.56 Å². The van der Waals surface area contributed by atoms with Crippen LogP contribution in [0.25, 0.3) is 15.9 Å². The smallest absolute Gasteiger partial charge is 0.337 e. The van der Waals surface area contributed by atoms with E-state index in [0.717, 1.165) is 11.3 Å². The van der Waals surface area contributed by atoms with Crippen molar-refractivity contribution < 1.29 is 9.90 Å². The molecule has 3 aromatic rings. The Morgan fingerprint density at radius 2 is 2.20 bits per heavy atom. The van der Waals surface area contributed by atoms with Gasteiger partial charge in [0.25, 0.3) is 5.56 Å². The fourth-order valence-electron chi connectivity index (χ4n) is 1.95. The van der Waals surface area contributed by atoms with Crippen molar-refractivity contribution in [3.63, 3.8) is 0 Å². The highest BCUT2D eigenvalue weighted by Gasteiger charge is 2.11. The average molecular weight is 311 g/mol. The number of carboxylic acids is 1. The summed E-state index contributed by atoms with van der Waals surface area (Å²) in [4.78, 5) is 29.5. The normalized spacial score (nSPS) is 10.7. The Kier molecular flexibility index (Phi) is 3.78. The first-order valence-electron chi connectivity index (χ1n) is 5.78. The Labute approximate surface area is 123 Å². The zero-order valence-corrected chi connectivity index (χ0v) is 12.1. The lowest BCUT2D eigenvalue weighted by Gasteiger charge is -2.01. The summed E-state index contributed by atoms with van der Waals surface area (Å²) in [5, 5.41) is 9.50. The number of carboxylic acid groups (broad SMARTS) is 1. The Balaban J connectivity index is 0.00000147. The Morgan fingerprint density at radius 3 is 2.85 bits per heavy atom. The van der Waals surface area contributed by atoms with Crippen LogP contribution in [0.2, 0.25) is 0 Å². The van der Waals surface area contributed by atoms with Crippen LogP contribution >= 0.6 is 23.7 Å². The third-order valence-corrected chi connectivity index (χ3v) is 4.12. The van der Waals surface area contributed by atoms with Crippen molar-refractivity contribution >= 4 is 45.6 Å². The standard InChI is InChI=1S/C13H10N2O3S.ClH/c1-2-8-5-9-11(19-8)14-10-4-3-7(13(17)18)6-15(10)12(9)16;/h3-6H,2H2,1H3,(H,17,18);1H. The van der Waals surface area contributed by atoms with Crippen molar-refractivity contribution in [2.45, 2.75) is 13.3 Å². The Morgan fingerprint density at radius 1 is 1.45 bits per heavy atom. The van der Waals surface area contributed by atoms with Crippen molar-refractivity contribution in [1.82, 2.24) is 9.38 Å². The van der Waals surface area contributed by atoms with Gasteiger partial charge >= 0.3 is 5.97 Å². The van der Waals surface area contributed by atoms with Crippen LogP contribution in [-0.4, -0.2) is 20.5 Å². The van der Waals surface area contributed by atoms with Crippen LogP contribution in [0.3, 0.4) is 0 Å². The number of carbonyl (C=O) groups is 1. The summed E-state index contributed by atoms with van der Waals surface area (Å²) in [6.45, 7) is 2.02. The molecule has 0 aliphatic carbocycles. The summed E-state index contributed by atoms with van der Waals surface area (Å²) >= 11 is 1.50. The minimum atomic E-state index is -1.06. The SMILES string of the molecule is CCc1cc2c(=O)n3cc(C(=O)O)ccc3nc2s1.Cl. The van der Waals surface area contributed by atoms with Gasteiger partial charge in [0.1, 0.15) is 10.5 Å². The lowest BCUT2D eigenvalue weighted by molar-refractivity contribution is 0.0696. The molecular formula is C13H11ClN2O3S. The van der Waals surface area contributed by atoms with Gasteiger partial charge in [0.15, 0.2) is 0 Å². The number of aromatic nitrogens is 2. The van der Waals surface area contributed by atoms with Gasteiger partial charge in [-0.25, -0.2) is 9.78 Å². The molecule has 0 bridgehead atoms. The van der Waals surface area contributed by atoms with E-state index in [1.165, 1.54) is 28.0 Å². The molecule has 3 rings (SSSR count). The highest BCUT2D eigenvalue weighted by atomic mass is 35.5. The lowest BCUT2D eigenvalue weighted by Crippen LogP contribution is -2.15. The minimum absolute atomic E-state index is 0. The molecule has 0 saturated heterocycles. The zero-order valence-electron chi connectivity index (χ0n) is 10.5. The maximum atomic E-state index is 12.3. The van der Waals surface area contributed by atoms with Crippen LogP contribution in [0.1, 0.15) is 22.2 Å². The molecule has 7 heteroatoms. The van der Waals surface area contributed by atoms with Gasteiger partial charge in [-0.3, -0.25) is 9.20 Å². The topological polar surface area (TPSA) is 71.7 Å². The van der Waals surface area contributed by atoms with Crippen molar-refractivity contribution in [1.29, 1.82) is 0 Å². The van der Waals surface area contributed by atoms with Gasteiger partial charge in [-0.2, -0.15) is 0 Å². The van der Waals surface area contributed by atoms with Crippen LogP contribution in [0.5, 0.6) is 0 Å². The fourth-order valence-corrected chi connectivity index (χ4v) is 2.91. The second kappa shape index (κ2) is 5.22. The zero-order chi connectivity index (χ0) is 13.6. The molecule has 104 valence electrons. The lowest BCUT2D eigenvalue weighted by atomic mass is 10.2. The number of aromatic carboxylic acids is 1. The van der Waals surface area contributed by atoms with Gasteiger partial charge in [-0.05, 0) is 24.6 Å². The molecule has 0 fully saturated rings. The van der Waals surface area contributed by atoms with Gasteiger partial charge in [-0.1, -0.05) is 6.92 Å². The first-order chi connectivity index (χ1) is 9.10. The Bertz CT molecular complexity index is 869. The second-order valence-electron chi connectivity index (χ2n) is 4.15. The molecule has 1 N–H and O–H groups in total. The van der Waals surface area contributed by atoms with E-state index in [9.17, 15) is 9.59 Å². The molecule has 0 aromatic carbocycles. The monoisotopic (exact) mass is 310 g/mol. The number of thiophene rings is 1. The number of pyridine rings is 1. The summed E-state index contributed by atoms with van der Waals surface area (Å²) in [5.74, 6) is -1.06. The summed E-state index contributed by atoms with van der Waals surface area (Å²) in [7, 11) is 0. The summed E-state index contributed by atoms with van der Waals surface area (Å²) in [6, 6.07) is 4.83.